The van der Waals surface area contributed by atoms with Crippen LogP contribution in [0.15, 0.2) is 96.4 Å². The van der Waals surface area contributed by atoms with E-state index in [2.05, 4.69) is 37.3 Å². The number of carbonyl (C=O) groups excluding carboxylic acids is 1. The van der Waals surface area contributed by atoms with Gasteiger partial charge < -0.3 is 25.2 Å². The van der Waals surface area contributed by atoms with Gasteiger partial charge in [0.25, 0.3) is 11.8 Å². The van der Waals surface area contributed by atoms with Crippen LogP contribution in [0.4, 0.5) is 17.3 Å². The summed E-state index contributed by atoms with van der Waals surface area (Å²) in [6.07, 6.45) is 6.66. The molecule has 1 aromatic carbocycles. The highest BCUT2D eigenvalue weighted by molar-refractivity contribution is 5.99. The Morgan fingerprint density at radius 2 is 1.88 bits per heavy atom. The molecule has 0 saturated carbocycles. The number of fused-ring (bicyclic) bond motifs is 1. The molecule has 1 aliphatic heterocycles. The number of aromatic nitrogens is 5. The van der Waals surface area contributed by atoms with E-state index in [1.807, 2.05) is 50.2 Å². The Balaban J connectivity index is 1.35. The fraction of sp³-hybridized carbons (Fsp3) is 0.188. The van der Waals surface area contributed by atoms with E-state index >= 15 is 0 Å². The van der Waals surface area contributed by atoms with Crippen LogP contribution in [-0.2, 0) is 5.54 Å². The number of carbonyl (C=O) groups is 1. The molecule has 5 aromatic rings. The molecule has 216 valence electrons. The Morgan fingerprint density at radius 3 is 2.63 bits per heavy atom. The number of aliphatic hydroxyl groups is 1. The molecule has 0 bridgehead atoms. The van der Waals surface area contributed by atoms with Gasteiger partial charge in [-0.25, -0.2) is 9.97 Å². The van der Waals surface area contributed by atoms with E-state index in [1.54, 1.807) is 53.8 Å². The minimum atomic E-state index is -0.601. The summed E-state index contributed by atoms with van der Waals surface area (Å²) < 4.78 is 5.63. The van der Waals surface area contributed by atoms with Crippen LogP contribution in [-0.4, -0.2) is 54.2 Å². The summed E-state index contributed by atoms with van der Waals surface area (Å²) in [6.45, 7) is 7.99. The molecule has 43 heavy (non-hydrogen) atoms. The summed E-state index contributed by atoms with van der Waals surface area (Å²) in [4.78, 5) is 32.8. The molecule has 0 unspecified atom stereocenters. The van der Waals surface area contributed by atoms with Crippen LogP contribution in [0, 0.1) is 0 Å². The lowest BCUT2D eigenvalue weighted by atomic mass is 9.99. The summed E-state index contributed by atoms with van der Waals surface area (Å²) in [5, 5.41) is 21.1. The Kier molecular flexibility index (Phi) is 7.39. The molecule has 11 heteroatoms. The van der Waals surface area contributed by atoms with Crippen molar-refractivity contribution in [1.82, 2.24) is 30.0 Å². The van der Waals surface area contributed by atoms with Gasteiger partial charge in [-0.1, -0.05) is 41.6 Å². The van der Waals surface area contributed by atoms with Crippen molar-refractivity contribution in [3.63, 3.8) is 0 Å². The SMILES string of the molecule is C=CCN1C(=O)c2ccc(Nc3cc(N[C@H](CO)c4ccccc4)c(-c4nc(-c5cccnc5)no4)cn3)nc2C1(C)C. The summed E-state index contributed by atoms with van der Waals surface area (Å²) in [5.41, 5.74) is 3.42. The van der Waals surface area contributed by atoms with Crippen LogP contribution in [0.2, 0.25) is 0 Å². The first-order valence-corrected chi connectivity index (χ1v) is 13.8. The largest absolute Gasteiger partial charge is 0.394 e. The number of nitrogens with zero attached hydrogens (tertiary/aromatic N) is 6. The standard InChI is InChI=1S/C32H30N8O3/c1-4-15-40-31(42)22-12-13-26(37-28(22)32(40,2)3)36-27-16-24(35-25(19-41)20-9-6-5-7-10-20)23(18-34-27)30-38-29(39-43-30)21-11-8-14-33-17-21/h4-14,16-18,25,41H,1,15,19H2,2-3H3,(H2,34,35,36,37)/t25-/m1/s1. The predicted octanol–water partition coefficient (Wildman–Crippen LogP) is 5.35. The quantitative estimate of drug-likeness (QED) is 0.187. The van der Waals surface area contributed by atoms with Gasteiger partial charge in [-0.15, -0.1) is 6.58 Å². The van der Waals surface area contributed by atoms with E-state index in [9.17, 15) is 9.90 Å². The van der Waals surface area contributed by atoms with Gasteiger partial charge in [0.05, 0.1) is 40.7 Å². The molecule has 0 spiro atoms. The van der Waals surface area contributed by atoms with Gasteiger partial charge in [0.2, 0.25) is 5.82 Å². The van der Waals surface area contributed by atoms with E-state index in [-0.39, 0.29) is 18.4 Å². The van der Waals surface area contributed by atoms with Crippen LogP contribution >= 0.6 is 0 Å². The molecular weight excluding hydrogens is 544 g/mol. The Bertz CT molecular complexity index is 1770. The van der Waals surface area contributed by atoms with Gasteiger partial charge in [0.1, 0.15) is 11.6 Å². The molecule has 1 atom stereocenters. The van der Waals surface area contributed by atoms with Crippen LogP contribution in [0.25, 0.3) is 22.8 Å². The van der Waals surface area contributed by atoms with Crippen LogP contribution in [0.5, 0.6) is 0 Å². The first-order valence-electron chi connectivity index (χ1n) is 13.8. The minimum absolute atomic E-state index is 0.0749. The molecule has 1 amide bonds. The molecule has 4 aromatic heterocycles. The number of nitrogens with one attached hydrogen (secondary N) is 2. The van der Waals surface area contributed by atoms with Crippen LogP contribution < -0.4 is 10.6 Å². The molecular formula is C32H30N8O3. The summed E-state index contributed by atoms with van der Waals surface area (Å²) in [7, 11) is 0. The maximum atomic E-state index is 13.0. The van der Waals surface area contributed by atoms with Crippen molar-refractivity contribution in [1.29, 1.82) is 0 Å². The molecule has 11 nitrogen and oxygen atoms in total. The Labute approximate surface area is 248 Å². The molecule has 0 aliphatic carbocycles. The normalized spacial score (nSPS) is 14.3. The van der Waals surface area contributed by atoms with Gasteiger partial charge in [-0.05, 0) is 43.7 Å². The molecule has 5 heterocycles. The van der Waals surface area contributed by atoms with Gasteiger partial charge in [0.15, 0.2) is 0 Å². The maximum Gasteiger partial charge on any atom is 0.261 e. The van der Waals surface area contributed by atoms with E-state index < -0.39 is 11.6 Å². The number of pyridine rings is 3. The molecule has 6 rings (SSSR count). The zero-order chi connectivity index (χ0) is 30.0. The second-order valence-corrected chi connectivity index (χ2v) is 10.6. The maximum absolute atomic E-state index is 13.0. The topological polar surface area (TPSA) is 142 Å². The molecule has 0 saturated heterocycles. The van der Waals surface area contributed by atoms with Gasteiger partial charge in [-0.2, -0.15) is 4.98 Å². The number of rotatable bonds is 10. The number of hydrogen-bond donors (Lipinski definition) is 3. The predicted molar refractivity (Wildman–Crippen MR) is 162 cm³/mol. The smallest absolute Gasteiger partial charge is 0.261 e. The van der Waals surface area contributed by atoms with E-state index in [4.69, 9.17) is 9.51 Å². The van der Waals surface area contributed by atoms with Crippen molar-refractivity contribution in [2.75, 3.05) is 23.8 Å². The van der Waals surface area contributed by atoms with Crippen molar-refractivity contribution >= 4 is 23.2 Å². The highest BCUT2D eigenvalue weighted by atomic mass is 16.5. The van der Waals surface area contributed by atoms with Crippen molar-refractivity contribution < 1.29 is 14.4 Å². The highest BCUT2D eigenvalue weighted by Gasteiger charge is 2.43. The lowest BCUT2D eigenvalue weighted by molar-refractivity contribution is 0.0649. The fourth-order valence-electron chi connectivity index (χ4n) is 5.13. The van der Waals surface area contributed by atoms with Crippen LogP contribution in [0.3, 0.4) is 0 Å². The number of hydrogen-bond acceptors (Lipinski definition) is 10. The zero-order valence-corrected chi connectivity index (χ0v) is 23.7. The lowest BCUT2D eigenvalue weighted by Crippen LogP contribution is -2.39. The number of anilines is 3. The third-order valence-electron chi connectivity index (χ3n) is 7.39. The second-order valence-electron chi connectivity index (χ2n) is 10.6. The summed E-state index contributed by atoms with van der Waals surface area (Å²) in [6, 6.07) is 18.2. The number of aliphatic hydroxyl groups excluding tert-OH is 1. The third kappa shape index (κ3) is 5.33. The van der Waals surface area contributed by atoms with E-state index in [1.165, 1.54) is 0 Å². The van der Waals surface area contributed by atoms with Gasteiger partial charge in [0, 0.05) is 36.8 Å². The van der Waals surface area contributed by atoms with Crippen molar-refractivity contribution in [2.24, 2.45) is 0 Å². The average Bonchev–Trinajstić information content (AvgIpc) is 3.59. The minimum Gasteiger partial charge on any atom is -0.394 e. The summed E-state index contributed by atoms with van der Waals surface area (Å²) in [5.74, 6) is 1.59. The highest BCUT2D eigenvalue weighted by Crippen LogP contribution is 2.38. The number of amides is 1. The molecule has 1 aliphatic rings. The van der Waals surface area contributed by atoms with Crippen molar-refractivity contribution in [3.8, 4) is 22.8 Å². The molecule has 3 N–H and O–H groups in total. The van der Waals surface area contributed by atoms with Crippen molar-refractivity contribution in [2.45, 2.75) is 25.4 Å². The lowest BCUT2D eigenvalue weighted by Gasteiger charge is -2.30. The number of benzene rings is 1. The first-order chi connectivity index (χ1) is 20.9. The average molecular weight is 575 g/mol. The van der Waals surface area contributed by atoms with Crippen LogP contribution in [0.1, 0.15) is 41.5 Å². The van der Waals surface area contributed by atoms with Gasteiger partial charge in [-0.3, -0.25) is 9.78 Å². The molecule has 0 radical (unpaired) electrons. The Morgan fingerprint density at radius 1 is 1.05 bits per heavy atom. The van der Waals surface area contributed by atoms with E-state index in [0.29, 0.717) is 52.1 Å². The summed E-state index contributed by atoms with van der Waals surface area (Å²) >= 11 is 0. The zero-order valence-electron chi connectivity index (χ0n) is 23.7. The van der Waals surface area contributed by atoms with Crippen molar-refractivity contribution in [3.05, 3.63) is 109 Å². The third-order valence-corrected chi connectivity index (χ3v) is 7.39. The second kappa shape index (κ2) is 11.5. The fourth-order valence-corrected chi connectivity index (χ4v) is 5.13. The van der Waals surface area contributed by atoms with E-state index in [0.717, 1.165) is 5.56 Å². The molecule has 0 fully saturated rings. The monoisotopic (exact) mass is 574 g/mol. The first kappa shape index (κ1) is 27.7. The van der Waals surface area contributed by atoms with Gasteiger partial charge >= 0.3 is 0 Å². The Hall–Kier alpha value is -5.42.